The van der Waals surface area contributed by atoms with Crippen LogP contribution in [0.5, 0.6) is 0 Å². The highest BCUT2D eigenvalue weighted by Crippen LogP contribution is 2.26. The predicted molar refractivity (Wildman–Crippen MR) is 130 cm³/mol. The SMILES string of the molecule is C=CCn1c(=NC(=O)c2ccc(S(=O)(=O)N3CCCCC3C)cc2)sc2cc([N+](=O)[O-])ccc21. The molecule has 2 heterocycles. The van der Waals surface area contributed by atoms with E-state index in [9.17, 15) is 23.3 Å². The summed E-state index contributed by atoms with van der Waals surface area (Å²) in [7, 11) is -3.63. The fraction of sp³-hybridized carbons (Fsp3) is 0.304. The van der Waals surface area contributed by atoms with E-state index in [1.165, 1.54) is 52.0 Å². The Morgan fingerprint density at radius 3 is 2.65 bits per heavy atom. The Hall–Kier alpha value is -3.15. The minimum atomic E-state index is -3.63. The van der Waals surface area contributed by atoms with E-state index < -0.39 is 20.9 Å². The lowest BCUT2D eigenvalue weighted by molar-refractivity contribution is -0.384. The third-order valence-corrected chi connectivity index (χ3v) is 8.90. The molecule has 1 aliphatic heterocycles. The Balaban J connectivity index is 1.67. The molecule has 2 aromatic carbocycles. The number of allylic oxidation sites excluding steroid dienone is 1. The summed E-state index contributed by atoms with van der Waals surface area (Å²) in [4.78, 5) is 28.2. The first-order valence-electron chi connectivity index (χ1n) is 10.8. The zero-order valence-corrected chi connectivity index (χ0v) is 20.2. The van der Waals surface area contributed by atoms with Crippen molar-refractivity contribution in [2.45, 2.75) is 43.7 Å². The van der Waals surface area contributed by atoms with E-state index in [1.807, 2.05) is 6.92 Å². The number of benzene rings is 2. The second kappa shape index (κ2) is 9.61. The van der Waals surface area contributed by atoms with Crippen molar-refractivity contribution < 1.29 is 18.1 Å². The molecule has 11 heteroatoms. The van der Waals surface area contributed by atoms with Gasteiger partial charge in [0.2, 0.25) is 10.0 Å². The first-order chi connectivity index (χ1) is 16.2. The van der Waals surface area contributed by atoms with E-state index in [1.54, 1.807) is 16.7 Å². The highest BCUT2D eigenvalue weighted by atomic mass is 32.2. The maximum atomic E-state index is 13.0. The Labute approximate surface area is 200 Å². The van der Waals surface area contributed by atoms with E-state index in [-0.39, 0.29) is 22.2 Å². The number of thiazole rings is 1. The number of hydrogen-bond acceptors (Lipinski definition) is 6. The summed E-state index contributed by atoms with van der Waals surface area (Å²) < 4.78 is 29.9. The van der Waals surface area contributed by atoms with Gasteiger partial charge >= 0.3 is 0 Å². The third-order valence-electron chi connectivity index (χ3n) is 5.84. The first-order valence-corrected chi connectivity index (χ1v) is 13.1. The molecule has 1 saturated heterocycles. The van der Waals surface area contributed by atoms with Crippen molar-refractivity contribution in [1.29, 1.82) is 0 Å². The van der Waals surface area contributed by atoms with E-state index in [2.05, 4.69) is 11.6 Å². The maximum absolute atomic E-state index is 13.0. The Morgan fingerprint density at radius 1 is 1.26 bits per heavy atom. The average molecular weight is 501 g/mol. The number of piperidine rings is 1. The van der Waals surface area contributed by atoms with Gasteiger partial charge in [0.05, 0.1) is 20.0 Å². The molecule has 0 aliphatic carbocycles. The second-order valence-corrected chi connectivity index (χ2v) is 11.0. The van der Waals surface area contributed by atoms with Gasteiger partial charge in [-0.2, -0.15) is 9.30 Å². The van der Waals surface area contributed by atoms with Crippen LogP contribution in [0.2, 0.25) is 0 Å². The number of carbonyl (C=O) groups excluding carboxylic acids is 1. The van der Waals surface area contributed by atoms with Crippen molar-refractivity contribution >= 4 is 43.2 Å². The normalized spacial score (nSPS) is 17.7. The summed E-state index contributed by atoms with van der Waals surface area (Å²) in [6, 6.07) is 10.2. The molecule has 34 heavy (non-hydrogen) atoms. The number of carbonyl (C=O) groups is 1. The fourth-order valence-electron chi connectivity index (χ4n) is 4.05. The van der Waals surface area contributed by atoms with Crippen molar-refractivity contribution in [2.24, 2.45) is 4.99 Å². The van der Waals surface area contributed by atoms with Crippen LogP contribution in [0.15, 0.2) is 65.0 Å². The van der Waals surface area contributed by atoms with Gasteiger partial charge in [0.25, 0.3) is 11.6 Å². The van der Waals surface area contributed by atoms with Crippen LogP contribution < -0.4 is 4.80 Å². The van der Waals surface area contributed by atoms with Crippen LogP contribution in [0.25, 0.3) is 10.2 Å². The van der Waals surface area contributed by atoms with Gasteiger partial charge in [-0.3, -0.25) is 14.9 Å². The molecule has 1 amide bonds. The van der Waals surface area contributed by atoms with Crippen molar-refractivity contribution in [3.8, 4) is 0 Å². The van der Waals surface area contributed by atoms with Gasteiger partial charge in [-0.05, 0) is 50.1 Å². The third kappa shape index (κ3) is 4.59. The first kappa shape index (κ1) is 24.0. The number of hydrogen-bond donors (Lipinski definition) is 0. The molecule has 178 valence electrons. The van der Waals surface area contributed by atoms with Gasteiger partial charge in [-0.25, -0.2) is 8.42 Å². The van der Waals surface area contributed by atoms with E-state index in [4.69, 9.17) is 0 Å². The zero-order chi connectivity index (χ0) is 24.5. The smallest absolute Gasteiger partial charge is 0.279 e. The summed E-state index contributed by atoms with van der Waals surface area (Å²) >= 11 is 1.17. The second-order valence-electron chi connectivity index (χ2n) is 8.09. The predicted octanol–water partition coefficient (Wildman–Crippen LogP) is 4.10. The molecular formula is C23H24N4O5S2. The number of fused-ring (bicyclic) bond motifs is 1. The molecule has 9 nitrogen and oxygen atoms in total. The number of nitrogens with zero attached hydrogens (tertiary/aromatic N) is 4. The number of nitro benzene ring substituents is 1. The maximum Gasteiger partial charge on any atom is 0.279 e. The average Bonchev–Trinajstić information content (AvgIpc) is 3.15. The van der Waals surface area contributed by atoms with Gasteiger partial charge < -0.3 is 4.57 Å². The minimum absolute atomic E-state index is 0.0443. The van der Waals surface area contributed by atoms with Crippen LogP contribution >= 0.6 is 11.3 Å². The topological polar surface area (TPSA) is 115 Å². The molecule has 1 aliphatic rings. The standard InChI is InChI=1S/C23H24N4O5S2/c1-3-13-25-20-12-9-18(27(29)30)15-21(20)33-23(25)24-22(28)17-7-10-19(11-8-17)34(31,32)26-14-5-4-6-16(26)2/h3,7-12,15-16H,1,4-6,13-14H2,2H3. The Bertz CT molecular complexity index is 1440. The summed E-state index contributed by atoms with van der Waals surface area (Å²) in [5.74, 6) is -0.533. The highest BCUT2D eigenvalue weighted by Gasteiger charge is 2.30. The number of non-ortho nitro benzene ring substituents is 1. The summed E-state index contributed by atoms with van der Waals surface area (Å²) in [6.07, 6.45) is 4.33. The molecule has 0 bridgehead atoms. The van der Waals surface area contributed by atoms with Crippen molar-refractivity contribution in [3.05, 3.63) is 75.6 Å². The van der Waals surface area contributed by atoms with E-state index in [0.717, 1.165) is 19.3 Å². The number of amides is 1. The van der Waals surface area contributed by atoms with Crippen molar-refractivity contribution in [3.63, 3.8) is 0 Å². The number of sulfonamides is 1. The van der Waals surface area contributed by atoms with E-state index in [0.29, 0.717) is 28.1 Å². The fourth-order valence-corrected chi connectivity index (χ4v) is 6.82. The number of nitro groups is 1. The van der Waals surface area contributed by atoms with Gasteiger partial charge in [0.15, 0.2) is 4.80 Å². The highest BCUT2D eigenvalue weighted by molar-refractivity contribution is 7.89. The molecule has 1 aromatic heterocycles. The molecule has 4 rings (SSSR count). The lowest BCUT2D eigenvalue weighted by Crippen LogP contribution is -2.41. The molecular weight excluding hydrogens is 476 g/mol. The molecule has 0 radical (unpaired) electrons. The molecule has 0 spiro atoms. The van der Waals surface area contributed by atoms with Crippen LogP contribution in [0, 0.1) is 10.1 Å². The van der Waals surface area contributed by atoms with Crippen LogP contribution in [-0.2, 0) is 16.6 Å². The van der Waals surface area contributed by atoms with Gasteiger partial charge in [0.1, 0.15) is 0 Å². The molecule has 1 unspecified atom stereocenters. The monoisotopic (exact) mass is 500 g/mol. The van der Waals surface area contributed by atoms with Crippen LogP contribution in [-0.4, -0.2) is 40.7 Å². The van der Waals surface area contributed by atoms with Gasteiger partial charge in [0, 0.05) is 36.8 Å². The molecule has 3 aromatic rings. The molecule has 0 saturated carbocycles. The number of aromatic nitrogens is 1. The van der Waals surface area contributed by atoms with Crippen molar-refractivity contribution in [1.82, 2.24) is 8.87 Å². The van der Waals surface area contributed by atoms with Crippen molar-refractivity contribution in [2.75, 3.05) is 6.54 Å². The largest absolute Gasteiger partial charge is 0.312 e. The van der Waals surface area contributed by atoms with Crippen LogP contribution in [0.4, 0.5) is 5.69 Å². The lowest BCUT2D eigenvalue weighted by atomic mass is 10.1. The lowest BCUT2D eigenvalue weighted by Gasteiger charge is -2.32. The van der Waals surface area contributed by atoms with Gasteiger partial charge in [-0.15, -0.1) is 6.58 Å². The molecule has 0 N–H and O–H groups in total. The summed E-state index contributed by atoms with van der Waals surface area (Å²) in [5.41, 5.74) is 0.913. The minimum Gasteiger partial charge on any atom is -0.312 e. The van der Waals surface area contributed by atoms with Crippen LogP contribution in [0.3, 0.4) is 0 Å². The quantitative estimate of drug-likeness (QED) is 0.287. The zero-order valence-electron chi connectivity index (χ0n) is 18.6. The Kier molecular flexibility index (Phi) is 6.78. The van der Waals surface area contributed by atoms with E-state index >= 15 is 0 Å². The summed E-state index contributed by atoms with van der Waals surface area (Å²) in [5, 5.41) is 11.1. The van der Waals surface area contributed by atoms with Gasteiger partial charge in [-0.1, -0.05) is 23.8 Å². The number of rotatable bonds is 6. The summed E-state index contributed by atoms with van der Waals surface area (Å²) in [6.45, 7) is 6.50. The molecule has 1 atom stereocenters. The van der Waals surface area contributed by atoms with Crippen LogP contribution in [0.1, 0.15) is 36.5 Å². The molecule has 1 fully saturated rings. The Morgan fingerprint density at radius 2 is 2.00 bits per heavy atom.